The normalized spacial score (nSPS) is 13.8. The van der Waals surface area contributed by atoms with Crippen molar-refractivity contribution in [2.24, 2.45) is 0 Å². The van der Waals surface area contributed by atoms with Gasteiger partial charge in [0.05, 0.1) is 33.4 Å². The quantitative estimate of drug-likeness (QED) is 0.0836. The van der Waals surface area contributed by atoms with Crippen molar-refractivity contribution < 1.29 is 31.9 Å². The molecule has 0 saturated carbocycles. The number of benzene rings is 4. The zero-order valence-corrected chi connectivity index (χ0v) is 18.0. The van der Waals surface area contributed by atoms with Gasteiger partial charge in [0, 0.05) is 10.8 Å². The maximum absolute atomic E-state index is 14.3. The van der Waals surface area contributed by atoms with Crippen LogP contribution in [0, 0.1) is 23.3 Å². The Balaban J connectivity index is 1.48. The Morgan fingerprint density at radius 3 is 2.06 bits per heavy atom. The third-order valence-corrected chi connectivity index (χ3v) is 6.60. The van der Waals surface area contributed by atoms with E-state index in [0.717, 1.165) is 33.6 Å². The van der Waals surface area contributed by atoms with E-state index in [4.69, 9.17) is 4.74 Å². The van der Waals surface area contributed by atoms with Crippen LogP contribution >= 0.6 is 0 Å². The number of rotatable bonds is 1. The molecule has 1 aliphatic heterocycles. The second-order valence-corrected chi connectivity index (χ2v) is 8.56. The number of Topliss-reactive ketones (excluding diaryl/α,β-unsaturated/α-hetero) is 2. The zero-order chi connectivity index (χ0) is 24.9. The molecule has 1 aliphatic carbocycles. The molecule has 4 aromatic carbocycles. The van der Waals surface area contributed by atoms with Crippen LogP contribution < -0.4 is 4.74 Å². The summed E-state index contributed by atoms with van der Waals surface area (Å²) in [6.45, 7) is 0. The highest BCUT2D eigenvalue weighted by Crippen LogP contribution is 2.46. The summed E-state index contributed by atoms with van der Waals surface area (Å²) in [5.41, 5.74) is 0.0495. The number of halogens is 4. The first-order valence-corrected chi connectivity index (χ1v) is 10.9. The van der Waals surface area contributed by atoms with Gasteiger partial charge in [0.15, 0.2) is 34.8 Å². The van der Waals surface area contributed by atoms with Gasteiger partial charge in [-0.15, -0.1) is 0 Å². The molecule has 8 heteroatoms. The van der Waals surface area contributed by atoms with E-state index >= 15 is 0 Å². The summed E-state index contributed by atoms with van der Waals surface area (Å²) in [4.78, 5) is 25.7. The second kappa shape index (κ2) is 6.91. The molecule has 0 fully saturated rings. The Bertz CT molecular complexity index is 1850. The minimum Gasteiger partial charge on any atom is -0.453 e. The maximum Gasteiger partial charge on any atom is 0.200 e. The van der Waals surface area contributed by atoms with Crippen LogP contribution in [0.15, 0.2) is 66.2 Å². The summed E-state index contributed by atoms with van der Waals surface area (Å²) in [6.07, 6.45) is 1.16. The lowest BCUT2D eigenvalue weighted by molar-refractivity contribution is 0.0988. The van der Waals surface area contributed by atoms with E-state index in [2.05, 4.69) is 0 Å². The van der Waals surface area contributed by atoms with E-state index in [1.807, 2.05) is 47.0 Å². The number of allylic oxidation sites excluding steroid dienone is 1. The van der Waals surface area contributed by atoms with E-state index < -0.39 is 51.5 Å². The largest absolute Gasteiger partial charge is 0.453 e. The molecule has 0 N–H and O–H groups in total. The summed E-state index contributed by atoms with van der Waals surface area (Å²) in [6, 6.07) is 18.4. The molecule has 0 radical (unpaired) electrons. The molecule has 7 rings (SSSR count). The van der Waals surface area contributed by atoms with Crippen LogP contribution in [0.4, 0.5) is 17.6 Å². The molecule has 2 heterocycles. The molecule has 0 amide bonds. The van der Waals surface area contributed by atoms with E-state index in [1.165, 1.54) is 0 Å². The Morgan fingerprint density at radius 2 is 1.33 bits per heavy atom. The fourth-order valence-electron chi connectivity index (χ4n) is 5.07. The van der Waals surface area contributed by atoms with E-state index in [-0.39, 0.29) is 0 Å². The van der Waals surface area contributed by atoms with E-state index in [1.54, 1.807) is 18.2 Å². The third-order valence-electron chi connectivity index (χ3n) is 6.60. The van der Waals surface area contributed by atoms with Crippen LogP contribution in [-0.2, 0) is 0 Å². The molecule has 0 atom stereocenters. The van der Waals surface area contributed by atoms with Gasteiger partial charge in [-0.2, -0.15) is 0 Å². The van der Waals surface area contributed by atoms with Crippen LogP contribution in [-0.4, -0.2) is 16.1 Å². The number of nitrogens with zero attached hydrogens (tertiary/aromatic N) is 1. The van der Waals surface area contributed by atoms with Gasteiger partial charge in [0.1, 0.15) is 0 Å². The minimum atomic E-state index is -2.14. The van der Waals surface area contributed by atoms with Crippen molar-refractivity contribution in [1.29, 1.82) is 0 Å². The van der Waals surface area contributed by atoms with Crippen LogP contribution in [0.25, 0.3) is 33.6 Å². The molecular weight excluding hydrogens is 474 g/mol. The first-order valence-electron chi connectivity index (χ1n) is 10.9. The zero-order valence-electron chi connectivity index (χ0n) is 18.0. The average molecular weight is 485 g/mol. The Morgan fingerprint density at radius 1 is 0.694 bits per heavy atom. The van der Waals surface area contributed by atoms with Crippen molar-refractivity contribution in [1.82, 2.24) is 4.57 Å². The van der Waals surface area contributed by atoms with Gasteiger partial charge in [0.2, 0.25) is 11.6 Å². The van der Waals surface area contributed by atoms with Gasteiger partial charge < -0.3 is 9.30 Å². The lowest BCUT2D eigenvalue weighted by Crippen LogP contribution is -2.07. The summed E-state index contributed by atoms with van der Waals surface area (Å²) in [5.74, 6) is -9.45. The third kappa shape index (κ3) is 2.47. The molecule has 5 aromatic rings. The van der Waals surface area contributed by atoms with Crippen molar-refractivity contribution >= 4 is 39.4 Å². The van der Waals surface area contributed by atoms with E-state index in [9.17, 15) is 27.2 Å². The van der Waals surface area contributed by atoms with Gasteiger partial charge in [0.25, 0.3) is 0 Å². The Kier molecular flexibility index (Phi) is 3.96. The van der Waals surface area contributed by atoms with Crippen molar-refractivity contribution in [3.05, 3.63) is 106 Å². The smallest absolute Gasteiger partial charge is 0.200 e. The highest BCUT2D eigenvalue weighted by Gasteiger charge is 2.42. The molecule has 0 spiro atoms. The van der Waals surface area contributed by atoms with Gasteiger partial charge in [-0.25, -0.2) is 17.6 Å². The van der Waals surface area contributed by atoms with Gasteiger partial charge in [-0.05, 0) is 42.0 Å². The first-order chi connectivity index (χ1) is 17.4. The summed E-state index contributed by atoms with van der Waals surface area (Å²) >= 11 is 0. The summed E-state index contributed by atoms with van der Waals surface area (Å²) < 4.78 is 64.4. The van der Waals surface area contributed by atoms with Crippen molar-refractivity contribution in [2.75, 3.05) is 0 Å². The fraction of sp³-hybridized carbons (Fsp3) is 0. The van der Waals surface area contributed by atoms with Gasteiger partial charge in [-0.3, -0.25) is 9.59 Å². The van der Waals surface area contributed by atoms with Gasteiger partial charge in [-0.1, -0.05) is 30.3 Å². The number of hydrogen-bond donors (Lipinski definition) is 0. The number of ketones is 2. The van der Waals surface area contributed by atoms with Gasteiger partial charge >= 0.3 is 0 Å². The number of ether oxygens (including phenoxy) is 1. The van der Waals surface area contributed by atoms with Crippen molar-refractivity contribution in [3.8, 4) is 17.2 Å². The molecular formula is C28H11F4NO3. The number of carbonyl (C=O) groups is 2. The first kappa shape index (κ1) is 20.6. The standard InChI is InChI=1S/C28H11F4NO3/c29-22-20-21(23(30)25(32)24(22)31)28(35)15(27(20)34)10-12-9-14-13-5-1-2-6-16(13)33-17-7-3-4-8-18(17)36-19(11-12)26(14)33/h1-11H. The van der Waals surface area contributed by atoms with Crippen LogP contribution in [0.3, 0.4) is 0 Å². The second-order valence-electron chi connectivity index (χ2n) is 8.56. The monoisotopic (exact) mass is 485 g/mol. The molecule has 0 bridgehead atoms. The molecule has 1 aromatic heterocycles. The lowest BCUT2D eigenvalue weighted by atomic mass is 10.0. The highest BCUT2D eigenvalue weighted by atomic mass is 19.2. The fourth-order valence-corrected chi connectivity index (χ4v) is 5.07. The predicted molar refractivity (Wildman–Crippen MR) is 124 cm³/mol. The number of aromatic nitrogens is 1. The van der Waals surface area contributed by atoms with Crippen LogP contribution in [0.2, 0.25) is 0 Å². The molecule has 0 saturated heterocycles. The SMILES string of the molecule is O=C1C(=Cc2cc3c4c(c2)c2ccccc2n4-c2ccccc2O3)C(=O)c2c(F)c(F)c(F)c(F)c21. The average Bonchev–Trinajstić information content (AvgIpc) is 3.35. The topological polar surface area (TPSA) is 48.3 Å². The van der Waals surface area contributed by atoms with E-state index in [0.29, 0.717) is 17.1 Å². The number of para-hydroxylation sites is 3. The molecule has 4 nitrogen and oxygen atoms in total. The predicted octanol–water partition coefficient (Wildman–Crippen LogP) is 6.91. The molecule has 174 valence electrons. The molecule has 2 aliphatic rings. The summed E-state index contributed by atoms with van der Waals surface area (Å²) in [5, 5.41) is 1.64. The highest BCUT2D eigenvalue weighted by molar-refractivity contribution is 6.41. The van der Waals surface area contributed by atoms with Crippen molar-refractivity contribution in [3.63, 3.8) is 0 Å². The summed E-state index contributed by atoms with van der Waals surface area (Å²) in [7, 11) is 0. The Hall–Kier alpha value is -4.72. The number of carbonyl (C=O) groups excluding carboxylic acids is 2. The maximum atomic E-state index is 14.3. The lowest BCUT2D eigenvalue weighted by Gasteiger charge is -2.21. The van der Waals surface area contributed by atoms with Crippen LogP contribution in [0.1, 0.15) is 26.3 Å². The van der Waals surface area contributed by atoms with Crippen molar-refractivity contribution in [2.45, 2.75) is 0 Å². The molecule has 0 unspecified atom stereocenters. The number of hydrogen-bond acceptors (Lipinski definition) is 3. The number of fused-ring (bicyclic) bond motifs is 6. The van der Waals surface area contributed by atoms with Crippen LogP contribution in [0.5, 0.6) is 11.5 Å². The molecule has 36 heavy (non-hydrogen) atoms. The minimum absolute atomic E-state index is 0.339. The Labute approximate surface area is 199 Å².